The minimum Gasteiger partial charge on any atom is -0.479 e. The number of aliphatic carboxylic acids is 1. The number of carboxylic acids is 1. The van der Waals surface area contributed by atoms with Crippen LogP contribution in [0.1, 0.15) is 5.56 Å². The number of hydrogen-bond donors (Lipinski definition) is 3. The van der Waals surface area contributed by atoms with Crippen LogP contribution < -0.4 is 15.6 Å². The van der Waals surface area contributed by atoms with Crippen molar-refractivity contribution < 1.29 is 23.4 Å². The zero-order chi connectivity index (χ0) is 13.2. The minimum atomic E-state index is -2.95. The van der Waals surface area contributed by atoms with E-state index in [0.29, 0.717) is 0 Å². The first-order chi connectivity index (χ1) is 8.54. The molecule has 0 spiro atoms. The molecule has 0 saturated carbocycles. The summed E-state index contributed by atoms with van der Waals surface area (Å²) in [5, 5.41) is 9.25. The van der Waals surface area contributed by atoms with E-state index in [9.17, 15) is 18.7 Å². The van der Waals surface area contributed by atoms with Gasteiger partial charge in [-0.3, -0.25) is 0 Å². The molecule has 0 aromatic heterocycles. The topological polar surface area (TPSA) is 70.6 Å². The van der Waals surface area contributed by atoms with Gasteiger partial charge in [-0.25, -0.2) is 10.2 Å². The largest absolute Gasteiger partial charge is 0.479 e. The summed E-state index contributed by atoms with van der Waals surface area (Å²) in [5.41, 5.74) is 3.92. The fourth-order valence-corrected chi connectivity index (χ4v) is 1.70. The van der Waals surface area contributed by atoms with E-state index in [0.717, 1.165) is 0 Å². The molecule has 0 aliphatic carbocycles. The number of carbonyl (C=O) groups is 1. The Morgan fingerprint density at radius 2 is 2.22 bits per heavy atom. The Balaban J connectivity index is 2.37. The van der Waals surface area contributed by atoms with Crippen LogP contribution in [0.4, 0.5) is 8.78 Å². The van der Waals surface area contributed by atoms with Crippen LogP contribution in [-0.2, 0) is 10.3 Å². The molecular weight excluding hydrogens is 246 g/mol. The monoisotopic (exact) mass is 256 g/mol. The van der Waals surface area contributed by atoms with Crippen molar-refractivity contribution in [2.24, 2.45) is 0 Å². The summed E-state index contributed by atoms with van der Waals surface area (Å²) in [6.45, 7) is -2.95. The van der Waals surface area contributed by atoms with Gasteiger partial charge in [0.25, 0.3) is 0 Å². The summed E-state index contributed by atoms with van der Waals surface area (Å²) < 4.78 is 28.4. The molecule has 96 valence electrons. The molecule has 3 N–H and O–H groups in total. The second kappa shape index (κ2) is 4.61. The number of ether oxygens (including phenoxy) is 1. The van der Waals surface area contributed by atoms with Crippen LogP contribution in [0.2, 0.25) is 0 Å². The summed E-state index contributed by atoms with van der Waals surface area (Å²) >= 11 is 0. The highest BCUT2D eigenvalue weighted by molar-refractivity contribution is 5.84. The highest BCUT2D eigenvalue weighted by Gasteiger charge is 2.40. The van der Waals surface area contributed by atoms with Gasteiger partial charge in [0.1, 0.15) is 5.75 Å². The van der Waals surface area contributed by atoms with E-state index in [-0.39, 0.29) is 11.3 Å². The standard InChI is InChI=1S/C11H10F2N2O3/c12-10(13)18-8-3-1-2-7(6-8)11(9(16)17)4-5-14-15-11/h1-6,10,14-15H,(H,16,17). The van der Waals surface area contributed by atoms with Crippen LogP contribution >= 0.6 is 0 Å². The Labute approximate surface area is 101 Å². The van der Waals surface area contributed by atoms with Crippen LogP contribution in [0.5, 0.6) is 5.75 Å². The fourth-order valence-electron chi connectivity index (χ4n) is 1.70. The molecular formula is C11H10F2N2O3. The molecule has 0 fully saturated rings. The van der Waals surface area contributed by atoms with E-state index in [4.69, 9.17) is 0 Å². The smallest absolute Gasteiger partial charge is 0.387 e. The van der Waals surface area contributed by atoms with E-state index < -0.39 is 18.1 Å². The number of benzene rings is 1. The van der Waals surface area contributed by atoms with Crippen molar-refractivity contribution in [3.05, 3.63) is 42.1 Å². The lowest BCUT2D eigenvalue weighted by molar-refractivity contribution is -0.143. The molecule has 1 aliphatic heterocycles. The van der Waals surface area contributed by atoms with Gasteiger partial charge in [0.15, 0.2) is 5.54 Å². The third kappa shape index (κ3) is 2.12. The molecule has 1 aromatic rings. The first-order valence-electron chi connectivity index (χ1n) is 5.04. The Morgan fingerprint density at radius 1 is 1.44 bits per heavy atom. The van der Waals surface area contributed by atoms with Gasteiger partial charge in [0.2, 0.25) is 0 Å². The van der Waals surface area contributed by atoms with Crippen molar-refractivity contribution in [2.45, 2.75) is 12.2 Å². The van der Waals surface area contributed by atoms with Gasteiger partial charge >= 0.3 is 12.6 Å². The lowest BCUT2D eigenvalue weighted by Crippen LogP contribution is -2.48. The number of nitrogens with one attached hydrogen (secondary N) is 2. The van der Waals surface area contributed by atoms with E-state index in [1.54, 1.807) is 0 Å². The van der Waals surface area contributed by atoms with Crippen LogP contribution in [0.3, 0.4) is 0 Å². The number of rotatable bonds is 4. The van der Waals surface area contributed by atoms with Crippen LogP contribution in [0, 0.1) is 0 Å². The quantitative estimate of drug-likeness (QED) is 0.754. The molecule has 7 heteroatoms. The van der Waals surface area contributed by atoms with E-state index in [2.05, 4.69) is 15.6 Å². The normalized spacial score (nSPS) is 21.9. The van der Waals surface area contributed by atoms with Crippen molar-refractivity contribution in [2.75, 3.05) is 0 Å². The molecule has 0 amide bonds. The van der Waals surface area contributed by atoms with Crippen molar-refractivity contribution >= 4 is 5.97 Å². The van der Waals surface area contributed by atoms with Gasteiger partial charge < -0.3 is 15.3 Å². The van der Waals surface area contributed by atoms with Crippen LogP contribution in [0.25, 0.3) is 0 Å². The fraction of sp³-hybridized carbons (Fsp3) is 0.182. The maximum Gasteiger partial charge on any atom is 0.387 e. The van der Waals surface area contributed by atoms with Gasteiger partial charge in [0, 0.05) is 6.20 Å². The van der Waals surface area contributed by atoms with Gasteiger partial charge in [-0.05, 0) is 23.8 Å². The van der Waals surface area contributed by atoms with Crippen LogP contribution in [0.15, 0.2) is 36.5 Å². The minimum absolute atomic E-state index is 0.0924. The third-order valence-corrected chi connectivity index (χ3v) is 2.54. The molecule has 5 nitrogen and oxygen atoms in total. The molecule has 1 unspecified atom stereocenters. The zero-order valence-corrected chi connectivity index (χ0v) is 9.06. The Bertz CT molecular complexity index is 493. The summed E-state index contributed by atoms with van der Waals surface area (Å²) in [6.07, 6.45) is 2.81. The Morgan fingerprint density at radius 3 is 2.78 bits per heavy atom. The van der Waals surface area contributed by atoms with Gasteiger partial charge in [-0.15, -0.1) is 0 Å². The maximum absolute atomic E-state index is 12.1. The predicted molar refractivity (Wildman–Crippen MR) is 57.8 cm³/mol. The average molecular weight is 256 g/mol. The highest BCUT2D eigenvalue weighted by Crippen LogP contribution is 2.28. The van der Waals surface area contributed by atoms with Gasteiger partial charge in [-0.2, -0.15) is 8.78 Å². The molecule has 0 bridgehead atoms. The highest BCUT2D eigenvalue weighted by atomic mass is 19.3. The zero-order valence-electron chi connectivity index (χ0n) is 9.06. The maximum atomic E-state index is 12.1. The molecule has 1 atom stereocenters. The first-order valence-corrected chi connectivity index (χ1v) is 5.04. The lowest BCUT2D eigenvalue weighted by Gasteiger charge is -2.23. The van der Waals surface area contributed by atoms with E-state index in [1.807, 2.05) is 0 Å². The number of alkyl halides is 2. The molecule has 1 aromatic carbocycles. The third-order valence-electron chi connectivity index (χ3n) is 2.54. The Kier molecular flexibility index (Phi) is 3.15. The Hall–Kier alpha value is -2.15. The molecule has 18 heavy (non-hydrogen) atoms. The van der Waals surface area contributed by atoms with Crippen molar-refractivity contribution in [1.82, 2.24) is 10.9 Å². The number of hydrazine groups is 1. The SMILES string of the molecule is O=C(O)C1(c2cccc(OC(F)F)c2)C=CNN1. The summed E-state index contributed by atoms with van der Waals surface area (Å²) in [6, 6.07) is 5.55. The summed E-state index contributed by atoms with van der Waals surface area (Å²) in [5.74, 6) is -1.25. The van der Waals surface area contributed by atoms with Crippen molar-refractivity contribution in [3.63, 3.8) is 0 Å². The molecule has 0 radical (unpaired) electrons. The molecule has 1 aliphatic rings. The molecule has 1 heterocycles. The van der Waals surface area contributed by atoms with E-state index in [1.165, 1.54) is 36.5 Å². The number of hydrogen-bond acceptors (Lipinski definition) is 4. The van der Waals surface area contributed by atoms with Gasteiger partial charge in [0.05, 0.1) is 0 Å². The average Bonchev–Trinajstić information content (AvgIpc) is 2.78. The predicted octanol–water partition coefficient (Wildman–Crippen LogP) is 1.19. The first kappa shape index (κ1) is 12.3. The summed E-state index contributed by atoms with van der Waals surface area (Å²) in [4.78, 5) is 11.3. The van der Waals surface area contributed by atoms with Gasteiger partial charge in [-0.1, -0.05) is 12.1 Å². The molecule has 0 saturated heterocycles. The number of carboxylic acid groups (broad SMARTS) is 1. The number of halogens is 2. The summed E-state index contributed by atoms with van der Waals surface area (Å²) in [7, 11) is 0. The van der Waals surface area contributed by atoms with E-state index >= 15 is 0 Å². The lowest BCUT2D eigenvalue weighted by atomic mass is 9.91. The van der Waals surface area contributed by atoms with Crippen LogP contribution in [-0.4, -0.2) is 17.7 Å². The molecule has 2 rings (SSSR count). The van der Waals surface area contributed by atoms with Crippen molar-refractivity contribution in [3.8, 4) is 5.75 Å². The second-order valence-electron chi connectivity index (χ2n) is 3.62. The van der Waals surface area contributed by atoms with Crippen molar-refractivity contribution in [1.29, 1.82) is 0 Å². The second-order valence-corrected chi connectivity index (χ2v) is 3.62.